The third-order valence-electron chi connectivity index (χ3n) is 4.44. The molecule has 0 aliphatic carbocycles. The zero-order chi connectivity index (χ0) is 18.2. The van der Waals surface area contributed by atoms with E-state index in [0.29, 0.717) is 6.42 Å². The summed E-state index contributed by atoms with van der Waals surface area (Å²) in [5.41, 5.74) is 3.34. The SMILES string of the molecule is O=[P+](O)C(CCc1ccccc1)NC(c1ccccc1)c1ccccc1. The van der Waals surface area contributed by atoms with Crippen LogP contribution in [0.4, 0.5) is 0 Å². The zero-order valence-electron chi connectivity index (χ0n) is 14.5. The third kappa shape index (κ3) is 5.09. The van der Waals surface area contributed by atoms with Crippen LogP contribution in [0.25, 0.3) is 0 Å². The van der Waals surface area contributed by atoms with Gasteiger partial charge in [0.25, 0.3) is 0 Å². The summed E-state index contributed by atoms with van der Waals surface area (Å²) in [6, 6.07) is 30.0. The van der Waals surface area contributed by atoms with Gasteiger partial charge in [0, 0.05) is 6.42 Å². The van der Waals surface area contributed by atoms with Gasteiger partial charge in [-0.2, -0.15) is 4.89 Å². The van der Waals surface area contributed by atoms with Crippen molar-refractivity contribution < 1.29 is 9.46 Å². The van der Waals surface area contributed by atoms with Crippen LogP contribution in [0.3, 0.4) is 0 Å². The van der Waals surface area contributed by atoms with Gasteiger partial charge in [-0.25, -0.2) is 0 Å². The molecule has 4 heteroatoms. The smallest absolute Gasteiger partial charge is 0.260 e. The predicted molar refractivity (Wildman–Crippen MR) is 106 cm³/mol. The summed E-state index contributed by atoms with van der Waals surface area (Å²) >= 11 is 0. The maximum absolute atomic E-state index is 12.0. The number of rotatable bonds is 8. The van der Waals surface area contributed by atoms with E-state index in [1.165, 1.54) is 5.56 Å². The van der Waals surface area contributed by atoms with Crippen LogP contribution in [0, 0.1) is 0 Å². The molecule has 132 valence electrons. The highest BCUT2D eigenvalue weighted by Crippen LogP contribution is 2.30. The van der Waals surface area contributed by atoms with Gasteiger partial charge in [0.1, 0.15) is 0 Å². The van der Waals surface area contributed by atoms with E-state index in [0.717, 1.165) is 17.5 Å². The number of benzene rings is 3. The van der Waals surface area contributed by atoms with Gasteiger partial charge in [-0.3, -0.25) is 5.32 Å². The highest BCUT2D eigenvalue weighted by atomic mass is 31.1. The van der Waals surface area contributed by atoms with Gasteiger partial charge in [0.05, 0.1) is 6.04 Å². The molecular formula is C22H23NO2P+. The van der Waals surface area contributed by atoms with Crippen LogP contribution in [0.1, 0.15) is 29.2 Å². The quantitative estimate of drug-likeness (QED) is 0.549. The Bertz CT molecular complexity index is 770. The summed E-state index contributed by atoms with van der Waals surface area (Å²) in [4.78, 5) is 9.88. The highest BCUT2D eigenvalue weighted by Gasteiger charge is 2.32. The molecule has 0 radical (unpaired) electrons. The molecule has 0 saturated carbocycles. The molecule has 3 aromatic carbocycles. The first-order valence-electron chi connectivity index (χ1n) is 8.79. The minimum Gasteiger partial charge on any atom is -0.260 e. The number of aryl methyl sites for hydroxylation is 1. The predicted octanol–water partition coefficient (Wildman–Crippen LogP) is 5.06. The van der Waals surface area contributed by atoms with Crippen LogP contribution in [-0.2, 0) is 11.0 Å². The molecule has 0 aliphatic heterocycles. The van der Waals surface area contributed by atoms with E-state index in [4.69, 9.17) is 0 Å². The molecule has 0 saturated heterocycles. The van der Waals surface area contributed by atoms with Crippen LogP contribution >= 0.6 is 8.03 Å². The molecule has 26 heavy (non-hydrogen) atoms. The Labute approximate surface area is 155 Å². The summed E-state index contributed by atoms with van der Waals surface area (Å²) in [6.45, 7) is 0. The van der Waals surface area contributed by atoms with Crippen LogP contribution < -0.4 is 5.32 Å². The van der Waals surface area contributed by atoms with Crippen LogP contribution in [0.2, 0.25) is 0 Å². The molecule has 2 atom stereocenters. The largest absolute Gasteiger partial charge is 0.524 e. The van der Waals surface area contributed by atoms with E-state index in [2.05, 4.69) is 5.32 Å². The number of hydrogen-bond donors (Lipinski definition) is 2. The average Bonchev–Trinajstić information content (AvgIpc) is 2.70. The lowest BCUT2D eigenvalue weighted by atomic mass is 9.98. The highest BCUT2D eigenvalue weighted by molar-refractivity contribution is 7.38. The second kappa shape index (κ2) is 9.40. The maximum Gasteiger partial charge on any atom is 0.524 e. The fourth-order valence-corrected chi connectivity index (χ4v) is 3.70. The lowest BCUT2D eigenvalue weighted by molar-refractivity contribution is 0.448. The molecule has 0 amide bonds. The monoisotopic (exact) mass is 364 g/mol. The Kier molecular flexibility index (Phi) is 6.68. The molecule has 0 fully saturated rings. The molecule has 0 heterocycles. The fourth-order valence-electron chi connectivity index (χ4n) is 3.07. The van der Waals surface area contributed by atoms with Crippen molar-refractivity contribution in [3.05, 3.63) is 108 Å². The zero-order valence-corrected chi connectivity index (χ0v) is 15.4. The van der Waals surface area contributed by atoms with Crippen LogP contribution in [-0.4, -0.2) is 10.7 Å². The standard InChI is InChI=1S/C22H22NO2P/c24-26(25)21(17-16-18-10-4-1-5-11-18)23-22(19-12-6-2-7-13-19)20-14-8-3-9-15-20/h1-15,21-23H,16-17H2/p+1. The lowest BCUT2D eigenvalue weighted by Gasteiger charge is -2.21. The minimum absolute atomic E-state index is 0.121. The Morgan fingerprint density at radius 2 is 1.23 bits per heavy atom. The van der Waals surface area contributed by atoms with Gasteiger partial charge in [0.15, 0.2) is 0 Å². The van der Waals surface area contributed by atoms with E-state index in [1.807, 2.05) is 91.0 Å². The Morgan fingerprint density at radius 3 is 1.69 bits per heavy atom. The molecule has 0 bridgehead atoms. The van der Waals surface area contributed by atoms with Gasteiger partial charge in [-0.15, -0.1) is 0 Å². The van der Waals surface area contributed by atoms with Crippen LogP contribution in [0.15, 0.2) is 91.0 Å². The average molecular weight is 364 g/mol. The first kappa shape index (κ1) is 18.5. The van der Waals surface area contributed by atoms with Crippen molar-refractivity contribution in [2.45, 2.75) is 24.7 Å². The van der Waals surface area contributed by atoms with E-state index < -0.39 is 13.8 Å². The van der Waals surface area contributed by atoms with Crippen molar-refractivity contribution >= 4 is 8.03 Å². The van der Waals surface area contributed by atoms with E-state index in [1.54, 1.807) is 0 Å². The molecule has 2 N–H and O–H groups in total. The van der Waals surface area contributed by atoms with E-state index in [9.17, 15) is 9.46 Å². The van der Waals surface area contributed by atoms with Crippen molar-refractivity contribution in [1.29, 1.82) is 0 Å². The van der Waals surface area contributed by atoms with E-state index >= 15 is 0 Å². The second-order valence-corrected chi connectivity index (χ2v) is 7.49. The molecule has 0 aromatic heterocycles. The number of nitrogens with one attached hydrogen (secondary N) is 1. The van der Waals surface area contributed by atoms with Gasteiger partial charge in [-0.1, -0.05) is 91.0 Å². The van der Waals surface area contributed by atoms with Crippen molar-refractivity contribution in [1.82, 2.24) is 5.32 Å². The lowest BCUT2D eigenvalue weighted by Crippen LogP contribution is -2.31. The Morgan fingerprint density at radius 1 is 0.769 bits per heavy atom. The minimum atomic E-state index is -2.33. The summed E-state index contributed by atoms with van der Waals surface area (Å²) in [7, 11) is -2.33. The molecular weight excluding hydrogens is 341 g/mol. The molecule has 0 spiro atoms. The first-order valence-corrected chi connectivity index (χ1v) is 10.1. The summed E-state index contributed by atoms with van der Waals surface area (Å²) in [5, 5.41) is 3.42. The first-order chi connectivity index (χ1) is 12.7. The maximum atomic E-state index is 12.0. The molecule has 0 aliphatic rings. The summed E-state index contributed by atoms with van der Waals surface area (Å²) in [6.07, 6.45) is 1.36. The van der Waals surface area contributed by atoms with Crippen molar-refractivity contribution in [3.8, 4) is 0 Å². The molecule has 3 aromatic rings. The van der Waals surface area contributed by atoms with E-state index in [-0.39, 0.29) is 6.04 Å². The summed E-state index contributed by atoms with van der Waals surface area (Å²) < 4.78 is 12.0. The van der Waals surface area contributed by atoms with Gasteiger partial charge in [0.2, 0.25) is 5.78 Å². The Balaban J connectivity index is 1.80. The third-order valence-corrected chi connectivity index (χ3v) is 5.38. The van der Waals surface area contributed by atoms with Crippen molar-refractivity contribution in [2.24, 2.45) is 0 Å². The van der Waals surface area contributed by atoms with Gasteiger partial charge >= 0.3 is 8.03 Å². The number of hydrogen-bond acceptors (Lipinski definition) is 2. The van der Waals surface area contributed by atoms with Crippen LogP contribution in [0.5, 0.6) is 0 Å². The topological polar surface area (TPSA) is 49.3 Å². The van der Waals surface area contributed by atoms with Gasteiger partial charge < -0.3 is 0 Å². The van der Waals surface area contributed by atoms with Gasteiger partial charge in [-0.05, 0) is 27.7 Å². The summed E-state index contributed by atoms with van der Waals surface area (Å²) in [5.74, 6) is -0.476. The van der Waals surface area contributed by atoms with Crippen molar-refractivity contribution in [2.75, 3.05) is 0 Å². The molecule has 2 unspecified atom stereocenters. The second-order valence-electron chi connectivity index (χ2n) is 6.26. The Hall–Kier alpha value is -2.32. The van der Waals surface area contributed by atoms with Crippen molar-refractivity contribution in [3.63, 3.8) is 0 Å². The molecule has 3 rings (SSSR count). The fraction of sp³-hybridized carbons (Fsp3) is 0.182. The molecule has 3 nitrogen and oxygen atoms in total. The normalized spacial score (nSPS) is 12.8.